The highest BCUT2D eigenvalue weighted by molar-refractivity contribution is 5.78. The second-order valence-electron chi connectivity index (χ2n) is 4.60. The summed E-state index contributed by atoms with van der Waals surface area (Å²) in [5, 5.41) is 11.1. The smallest absolute Gasteiger partial charge is 0.234 e. The number of benzene rings is 2. The topological polar surface area (TPSA) is 62.1 Å². The Hall–Kier alpha value is -2.87. The summed E-state index contributed by atoms with van der Waals surface area (Å²) in [7, 11) is 0. The third kappa shape index (κ3) is 4.32. The number of carbonyl (C=O) groups is 1. The Labute approximate surface area is 128 Å². The second kappa shape index (κ2) is 7.79. The zero-order chi connectivity index (χ0) is 15.8. The lowest BCUT2D eigenvalue weighted by atomic mass is 10.2. The van der Waals surface area contributed by atoms with Crippen molar-refractivity contribution in [2.75, 3.05) is 0 Å². The number of hydrogen-bond acceptors (Lipinski definition) is 3. The molecule has 2 rings (SSSR count). The Bertz CT molecular complexity index is 695. The first-order valence-electron chi connectivity index (χ1n) is 6.78. The van der Waals surface area contributed by atoms with E-state index in [0.717, 1.165) is 5.56 Å². The predicted molar refractivity (Wildman–Crippen MR) is 79.3 cm³/mol. The molecule has 2 aromatic rings. The van der Waals surface area contributed by atoms with Crippen LogP contribution in [0, 0.1) is 17.1 Å². The molecule has 0 aliphatic heterocycles. The summed E-state index contributed by atoms with van der Waals surface area (Å²) in [6.45, 7) is 0.365. The van der Waals surface area contributed by atoms with Crippen molar-refractivity contribution in [3.63, 3.8) is 0 Å². The van der Waals surface area contributed by atoms with Crippen molar-refractivity contribution < 1.29 is 13.9 Å². The van der Waals surface area contributed by atoms with Crippen LogP contribution in [0.2, 0.25) is 0 Å². The first kappa shape index (κ1) is 15.5. The molecule has 22 heavy (non-hydrogen) atoms. The van der Waals surface area contributed by atoms with Gasteiger partial charge in [0.1, 0.15) is 24.6 Å². The van der Waals surface area contributed by atoms with Crippen LogP contribution in [0.5, 0.6) is 5.75 Å². The number of ether oxygens (including phenoxy) is 1. The number of nitrogens with zero attached hydrogens (tertiary/aromatic N) is 1. The Balaban J connectivity index is 2.01. The maximum Gasteiger partial charge on any atom is 0.234 e. The summed E-state index contributed by atoms with van der Waals surface area (Å²) in [6.07, 6.45) is -0.182. The van der Waals surface area contributed by atoms with Crippen LogP contribution in [0.4, 0.5) is 4.39 Å². The molecular weight excluding hydrogens is 283 g/mol. The van der Waals surface area contributed by atoms with Gasteiger partial charge in [-0.05, 0) is 12.1 Å². The zero-order valence-electron chi connectivity index (χ0n) is 11.9. The first-order chi connectivity index (χ1) is 10.7. The Morgan fingerprint density at radius 1 is 1.14 bits per heavy atom. The largest absolute Gasteiger partial charge is 0.488 e. The molecular formula is C17H15FN2O2. The summed E-state index contributed by atoms with van der Waals surface area (Å²) in [6, 6.07) is 15.4. The lowest BCUT2D eigenvalue weighted by molar-refractivity contribution is -0.120. The Morgan fingerprint density at radius 2 is 1.82 bits per heavy atom. The van der Waals surface area contributed by atoms with Gasteiger partial charge in [-0.15, -0.1) is 0 Å². The van der Waals surface area contributed by atoms with E-state index in [0.29, 0.717) is 11.3 Å². The number of halogens is 1. The van der Waals surface area contributed by atoms with Crippen molar-refractivity contribution in [2.45, 2.75) is 19.6 Å². The molecule has 0 aliphatic carbocycles. The number of para-hydroxylation sites is 1. The van der Waals surface area contributed by atoms with Crippen molar-refractivity contribution in [1.82, 2.24) is 5.32 Å². The number of nitrogens with one attached hydrogen (secondary N) is 1. The normalized spacial score (nSPS) is 9.82. The summed E-state index contributed by atoms with van der Waals surface area (Å²) in [5.41, 5.74) is 1.23. The lowest BCUT2D eigenvalue weighted by Gasteiger charge is -2.12. The third-order valence-corrected chi connectivity index (χ3v) is 3.03. The maximum atomic E-state index is 13.6. The van der Waals surface area contributed by atoms with E-state index in [9.17, 15) is 9.18 Å². The number of nitriles is 1. The van der Waals surface area contributed by atoms with Gasteiger partial charge in [-0.25, -0.2) is 4.39 Å². The molecule has 2 aromatic carbocycles. The van der Waals surface area contributed by atoms with E-state index in [1.54, 1.807) is 36.4 Å². The van der Waals surface area contributed by atoms with Gasteiger partial charge < -0.3 is 10.1 Å². The van der Waals surface area contributed by atoms with Crippen LogP contribution in [-0.2, 0) is 17.9 Å². The molecule has 0 saturated heterocycles. The summed E-state index contributed by atoms with van der Waals surface area (Å²) < 4.78 is 19.2. The van der Waals surface area contributed by atoms with Crippen molar-refractivity contribution in [3.8, 4) is 11.8 Å². The Morgan fingerprint density at radius 3 is 2.55 bits per heavy atom. The van der Waals surface area contributed by atoms with E-state index < -0.39 is 0 Å². The van der Waals surface area contributed by atoms with E-state index in [-0.39, 0.29) is 31.3 Å². The molecule has 1 amide bonds. The molecule has 0 fully saturated rings. The average molecular weight is 298 g/mol. The van der Waals surface area contributed by atoms with E-state index in [1.807, 2.05) is 12.1 Å². The van der Waals surface area contributed by atoms with Crippen molar-refractivity contribution in [3.05, 3.63) is 65.5 Å². The van der Waals surface area contributed by atoms with E-state index >= 15 is 0 Å². The fourth-order valence-electron chi connectivity index (χ4n) is 1.89. The van der Waals surface area contributed by atoms with Gasteiger partial charge in [-0.2, -0.15) is 5.26 Å². The van der Waals surface area contributed by atoms with Crippen molar-refractivity contribution >= 4 is 5.91 Å². The lowest BCUT2D eigenvalue weighted by Crippen LogP contribution is -2.22. The summed E-state index contributed by atoms with van der Waals surface area (Å²) >= 11 is 0. The standard InChI is InChI=1S/C17H15FN2O2/c18-15-7-3-1-6-14(15)12-22-16-8-4-2-5-13(16)11-20-17(21)9-10-19/h1-8H,9,11-12H2,(H,20,21). The second-order valence-corrected chi connectivity index (χ2v) is 4.60. The van der Waals surface area contributed by atoms with Crippen LogP contribution in [0.3, 0.4) is 0 Å². The summed E-state index contributed by atoms with van der Waals surface area (Å²) in [5.74, 6) is -0.0864. The van der Waals surface area contributed by atoms with Crippen LogP contribution in [0.25, 0.3) is 0 Å². The van der Waals surface area contributed by atoms with E-state index in [1.165, 1.54) is 6.07 Å². The average Bonchev–Trinajstić information content (AvgIpc) is 2.53. The minimum atomic E-state index is -0.341. The zero-order valence-corrected chi connectivity index (χ0v) is 11.9. The SMILES string of the molecule is N#CCC(=O)NCc1ccccc1OCc1ccccc1F. The molecule has 0 radical (unpaired) electrons. The third-order valence-electron chi connectivity index (χ3n) is 3.03. The van der Waals surface area contributed by atoms with Crippen LogP contribution < -0.4 is 10.1 Å². The van der Waals surface area contributed by atoms with Gasteiger partial charge in [0.05, 0.1) is 6.07 Å². The number of amides is 1. The molecule has 0 aliphatic rings. The van der Waals surface area contributed by atoms with Gasteiger partial charge >= 0.3 is 0 Å². The fraction of sp³-hybridized carbons (Fsp3) is 0.176. The highest BCUT2D eigenvalue weighted by atomic mass is 19.1. The van der Waals surface area contributed by atoms with Gasteiger partial charge in [0.15, 0.2) is 0 Å². The monoisotopic (exact) mass is 298 g/mol. The quantitative estimate of drug-likeness (QED) is 0.892. The molecule has 0 bridgehead atoms. The van der Waals surface area contributed by atoms with Crippen molar-refractivity contribution in [2.24, 2.45) is 0 Å². The molecule has 5 heteroatoms. The van der Waals surface area contributed by atoms with Gasteiger partial charge in [0.2, 0.25) is 5.91 Å². The molecule has 4 nitrogen and oxygen atoms in total. The van der Waals surface area contributed by atoms with Crippen LogP contribution in [0.15, 0.2) is 48.5 Å². The molecule has 0 saturated carbocycles. The van der Waals surface area contributed by atoms with E-state index in [2.05, 4.69) is 5.32 Å². The number of carbonyl (C=O) groups excluding carboxylic acids is 1. The first-order valence-corrected chi connectivity index (χ1v) is 6.78. The molecule has 0 spiro atoms. The molecule has 0 aromatic heterocycles. The van der Waals surface area contributed by atoms with E-state index in [4.69, 9.17) is 10.00 Å². The Kier molecular flexibility index (Phi) is 5.50. The molecule has 1 N–H and O–H groups in total. The van der Waals surface area contributed by atoms with Crippen LogP contribution in [0.1, 0.15) is 17.5 Å². The summed E-state index contributed by atoms with van der Waals surface area (Å²) in [4.78, 5) is 11.3. The molecule has 112 valence electrons. The van der Waals surface area contributed by atoms with Gasteiger partial charge in [0, 0.05) is 17.7 Å². The van der Waals surface area contributed by atoms with Crippen LogP contribution >= 0.6 is 0 Å². The van der Waals surface area contributed by atoms with Crippen LogP contribution in [-0.4, -0.2) is 5.91 Å². The van der Waals surface area contributed by atoms with Gasteiger partial charge in [0.25, 0.3) is 0 Å². The highest BCUT2D eigenvalue weighted by Gasteiger charge is 2.07. The fourth-order valence-corrected chi connectivity index (χ4v) is 1.89. The molecule has 0 atom stereocenters. The number of rotatable bonds is 6. The van der Waals surface area contributed by atoms with Gasteiger partial charge in [-0.1, -0.05) is 36.4 Å². The highest BCUT2D eigenvalue weighted by Crippen LogP contribution is 2.20. The molecule has 0 heterocycles. The number of hydrogen-bond donors (Lipinski definition) is 1. The minimum absolute atomic E-state index is 0.107. The molecule has 0 unspecified atom stereocenters. The van der Waals surface area contributed by atoms with Crippen molar-refractivity contribution in [1.29, 1.82) is 5.26 Å². The minimum Gasteiger partial charge on any atom is -0.488 e. The maximum absolute atomic E-state index is 13.6. The predicted octanol–water partition coefficient (Wildman–Crippen LogP) is 2.93. The van der Waals surface area contributed by atoms with Gasteiger partial charge in [-0.3, -0.25) is 4.79 Å².